The number of halogens is 1. The molecule has 1 rings (SSSR count). The molecule has 2 amide bonds. The average molecular weight is 302 g/mol. The molecule has 1 aliphatic heterocycles. The molecule has 5 nitrogen and oxygen atoms in total. The second-order valence-corrected chi connectivity index (χ2v) is 6.13. The Balaban J connectivity index is 2.88. The molecule has 1 fully saturated rings. The third kappa shape index (κ3) is 4.32. The summed E-state index contributed by atoms with van der Waals surface area (Å²) in [6.45, 7) is 7.87. The van der Waals surface area contributed by atoms with Crippen LogP contribution >= 0.6 is 0 Å². The SMILES string of the molecule is CCC(C)C1CC(F)CN1C(=O)[C@@H](NC(=O)OC)C(C)C. The third-order valence-corrected chi connectivity index (χ3v) is 4.27. The fourth-order valence-electron chi connectivity index (χ4n) is 2.76. The summed E-state index contributed by atoms with van der Waals surface area (Å²) in [5, 5.41) is 2.56. The van der Waals surface area contributed by atoms with Gasteiger partial charge in [-0.1, -0.05) is 34.1 Å². The number of nitrogens with one attached hydrogen (secondary N) is 1. The number of hydrogen-bond donors (Lipinski definition) is 1. The lowest BCUT2D eigenvalue weighted by Crippen LogP contribution is -2.53. The maximum Gasteiger partial charge on any atom is 0.407 e. The second kappa shape index (κ2) is 7.61. The van der Waals surface area contributed by atoms with Crippen LogP contribution in [0.15, 0.2) is 0 Å². The van der Waals surface area contributed by atoms with Crippen LogP contribution in [0.2, 0.25) is 0 Å². The van der Waals surface area contributed by atoms with E-state index in [0.29, 0.717) is 6.42 Å². The minimum Gasteiger partial charge on any atom is -0.453 e. The van der Waals surface area contributed by atoms with Crippen LogP contribution in [-0.2, 0) is 9.53 Å². The Morgan fingerprint density at radius 3 is 2.48 bits per heavy atom. The smallest absolute Gasteiger partial charge is 0.407 e. The molecular formula is C15H27FN2O3. The summed E-state index contributed by atoms with van der Waals surface area (Å²) in [5.41, 5.74) is 0. The van der Waals surface area contributed by atoms with Gasteiger partial charge in [-0.3, -0.25) is 4.79 Å². The molecule has 4 atom stereocenters. The first-order valence-electron chi connectivity index (χ1n) is 7.60. The van der Waals surface area contributed by atoms with Gasteiger partial charge < -0.3 is 15.0 Å². The van der Waals surface area contributed by atoms with E-state index < -0.39 is 18.3 Å². The molecule has 0 aromatic carbocycles. The van der Waals surface area contributed by atoms with Crippen molar-refractivity contribution in [3.8, 4) is 0 Å². The van der Waals surface area contributed by atoms with Gasteiger partial charge in [0.15, 0.2) is 0 Å². The maximum atomic E-state index is 13.8. The first-order valence-corrected chi connectivity index (χ1v) is 7.60. The van der Waals surface area contributed by atoms with Crippen LogP contribution in [0, 0.1) is 11.8 Å². The van der Waals surface area contributed by atoms with Crippen LogP contribution in [0.1, 0.15) is 40.5 Å². The summed E-state index contributed by atoms with van der Waals surface area (Å²) >= 11 is 0. The number of nitrogens with zero attached hydrogens (tertiary/aromatic N) is 1. The lowest BCUT2D eigenvalue weighted by atomic mass is 9.95. The van der Waals surface area contributed by atoms with Crippen LogP contribution in [0.5, 0.6) is 0 Å². The number of amides is 2. The summed E-state index contributed by atoms with van der Waals surface area (Å²) in [6, 6.07) is -0.785. The summed E-state index contributed by atoms with van der Waals surface area (Å²) < 4.78 is 18.3. The van der Waals surface area contributed by atoms with Gasteiger partial charge in [0.2, 0.25) is 5.91 Å². The fourth-order valence-corrected chi connectivity index (χ4v) is 2.76. The predicted octanol–water partition coefficient (Wildman–Crippen LogP) is 2.35. The van der Waals surface area contributed by atoms with Gasteiger partial charge in [-0.25, -0.2) is 9.18 Å². The molecule has 0 spiro atoms. The van der Waals surface area contributed by atoms with Crippen molar-refractivity contribution in [3.05, 3.63) is 0 Å². The maximum absolute atomic E-state index is 13.8. The largest absolute Gasteiger partial charge is 0.453 e. The molecule has 0 bridgehead atoms. The van der Waals surface area contributed by atoms with Crippen molar-refractivity contribution in [2.24, 2.45) is 11.8 Å². The number of carbonyl (C=O) groups is 2. The van der Waals surface area contributed by atoms with Crippen molar-refractivity contribution in [2.75, 3.05) is 13.7 Å². The standard InChI is InChI=1S/C15H27FN2O3/c1-6-10(4)12-7-11(16)8-18(12)14(19)13(9(2)3)17-15(20)21-5/h9-13H,6-8H2,1-5H3,(H,17,20)/t10?,11?,12?,13-/m0/s1. The van der Waals surface area contributed by atoms with Gasteiger partial charge in [0.25, 0.3) is 0 Å². The number of rotatable bonds is 5. The quantitative estimate of drug-likeness (QED) is 0.848. The van der Waals surface area contributed by atoms with E-state index in [2.05, 4.69) is 10.1 Å². The van der Waals surface area contributed by atoms with E-state index in [-0.39, 0.29) is 30.3 Å². The van der Waals surface area contributed by atoms with Gasteiger partial charge in [-0.15, -0.1) is 0 Å². The van der Waals surface area contributed by atoms with E-state index in [9.17, 15) is 14.0 Å². The molecule has 1 saturated heterocycles. The van der Waals surface area contributed by atoms with E-state index in [1.54, 1.807) is 4.90 Å². The predicted molar refractivity (Wildman–Crippen MR) is 78.6 cm³/mol. The molecule has 0 saturated carbocycles. The zero-order valence-electron chi connectivity index (χ0n) is 13.6. The van der Waals surface area contributed by atoms with Crippen molar-refractivity contribution in [2.45, 2.75) is 58.8 Å². The second-order valence-electron chi connectivity index (χ2n) is 6.13. The molecule has 1 N–H and O–H groups in total. The number of alkyl carbamates (subject to hydrolysis) is 1. The number of carbonyl (C=O) groups excluding carboxylic acids is 2. The molecule has 21 heavy (non-hydrogen) atoms. The Morgan fingerprint density at radius 1 is 1.38 bits per heavy atom. The third-order valence-electron chi connectivity index (χ3n) is 4.27. The fraction of sp³-hybridized carbons (Fsp3) is 0.867. The van der Waals surface area contributed by atoms with Gasteiger partial charge in [-0.2, -0.15) is 0 Å². The summed E-state index contributed by atoms with van der Waals surface area (Å²) in [6.07, 6.45) is -0.362. The van der Waals surface area contributed by atoms with Crippen LogP contribution < -0.4 is 5.32 Å². The minimum atomic E-state index is -0.987. The summed E-state index contributed by atoms with van der Waals surface area (Å²) in [5.74, 6) is -0.0747. The normalized spacial score (nSPS) is 24.8. The summed E-state index contributed by atoms with van der Waals surface area (Å²) in [7, 11) is 1.26. The van der Waals surface area contributed by atoms with E-state index in [1.165, 1.54) is 7.11 Å². The van der Waals surface area contributed by atoms with E-state index in [0.717, 1.165) is 6.42 Å². The van der Waals surface area contributed by atoms with Gasteiger partial charge in [0.1, 0.15) is 12.2 Å². The van der Waals surface area contributed by atoms with Gasteiger partial charge in [0, 0.05) is 12.5 Å². The van der Waals surface area contributed by atoms with Gasteiger partial charge >= 0.3 is 6.09 Å². The molecule has 0 aromatic heterocycles. The Bertz CT molecular complexity index is 376. The molecule has 1 aliphatic rings. The first-order chi connectivity index (χ1) is 9.81. The number of likely N-dealkylation sites (tertiary alicyclic amines) is 1. The molecule has 1 heterocycles. The van der Waals surface area contributed by atoms with Crippen molar-refractivity contribution in [3.63, 3.8) is 0 Å². The zero-order valence-corrected chi connectivity index (χ0v) is 13.6. The lowest BCUT2D eigenvalue weighted by molar-refractivity contribution is -0.136. The first kappa shape index (κ1) is 17.7. The Labute approximate surface area is 126 Å². The highest BCUT2D eigenvalue weighted by Crippen LogP contribution is 2.29. The number of alkyl halides is 1. The monoisotopic (exact) mass is 302 g/mol. The van der Waals surface area contributed by atoms with Crippen molar-refractivity contribution in [1.29, 1.82) is 0 Å². The van der Waals surface area contributed by atoms with E-state index in [4.69, 9.17) is 0 Å². The topological polar surface area (TPSA) is 58.6 Å². The summed E-state index contributed by atoms with van der Waals surface area (Å²) in [4.78, 5) is 25.7. The van der Waals surface area contributed by atoms with Crippen LogP contribution in [0.25, 0.3) is 0 Å². The molecule has 0 aliphatic carbocycles. The average Bonchev–Trinajstić information content (AvgIpc) is 2.84. The lowest BCUT2D eigenvalue weighted by Gasteiger charge is -2.33. The molecule has 6 heteroatoms. The molecule has 0 aromatic rings. The van der Waals surface area contributed by atoms with Gasteiger partial charge in [0.05, 0.1) is 13.7 Å². The van der Waals surface area contributed by atoms with Crippen LogP contribution in [0.4, 0.5) is 9.18 Å². The molecule has 122 valence electrons. The van der Waals surface area contributed by atoms with Crippen molar-refractivity contribution < 1.29 is 18.7 Å². The Hall–Kier alpha value is -1.33. The highest BCUT2D eigenvalue weighted by molar-refractivity contribution is 5.86. The minimum absolute atomic E-state index is 0.0900. The molecular weight excluding hydrogens is 275 g/mol. The zero-order chi connectivity index (χ0) is 16.2. The van der Waals surface area contributed by atoms with Gasteiger partial charge in [-0.05, 0) is 11.8 Å². The molecule has 0 radical (unpaired) electrons. The number of methoxy groups -OCH3 is 1. The Kier molecular flexibility index (Phi) is 6.42. The van der Waals surface area contributed by atoms with Crippen LogP contribution in [-0.4, -0.2) is 48.8 Å². The highest BCUT2D eigenvalue weighted by Gasteiger charge is 2.41. The van der Waals surface area contributed by atoms with Crippen molar-refractivity contribution in [1.82, 2.24) is 10.2 Å². The number of ether oxygens (including phenoxy) is 1. The highest BCUT2D eigenvalue weighted by atomic mass is 19.1. The van der Waals surface area contributed by atoms with E-state index >= 15 is 0 Å². The molecule has 3 unspecified atom stereocenters. The Morgan fingerprint density at radius 2 is 2.00 bits per heavy atom. The van der Waals surface area contributed by atoms with Crippen LogP contribution in [0.3, 0.4) is 0 Å². The van der Waals surface area contributed by atoms with E-state index in [1.807, 2.05) is 27.7 Å². The van der Waals surface area contributed by atoms with Crippen molar-refractivity contribution >= 4 is 12.0 Å². The number of hydrogen-bond acceptors (Lipinski definition) is 3.